The number of nitrogens with one attached hydrogen (secondary N) is 1. The lowest BCUT2D eigenvalue weighted by Gasteiger charge is -2.25. The van der Waals surface area contributed by atoms with Crippen molar-refractivity contribution in [1.29, 1.82) is 0 Å². The second-order valence-electron chi connectivity index (χ2n) is 6.27. The molecule has 116 valence electrons. The highest BCUT2D eigenvalue weighted by Gasteiger charge is 2.26. The van der Waals surface area contributed by atoms with E-state index in [2.05, 4.69) is 34.5 Å². The van der Waals surface area contributed by atoms with E-state index in [1.54, 1.807) is 0 Å². The SMILES string of the molecule is CC(C)C(N)C(=O)NCC1CCCN1Cc1ccccc1. The van der Waals surface area contributed by atoms with Crippen LogP contribution in [0.15, 0.2) is 30.3 Å². The molecule has 1 heterocycles. The van der Waals surface area contributed by atoms with Crippen molar-refractivity contribution in [3.8, 4) is 0 Å². The molecule has 4 heteroatoms. The number of carbonyl (C=O) groups excluding carboxylic acids is 1. The van der Waals surface area contributed by atoms with E-state index in [1.165, 1.54) is 12.0 Å². The number of rotatable bonds is 6. The lowest BCUT2D eigenvalue weighted by molar-refractivity contribution is -0.123. The number of amides is 1. The molecule has 1 aromatic rings. The summed E-state index contributed by atoms with van der Waals surface area (Å²) in [7, 11) is 0. The van der Waals surface area contributed by atoms with Crippen LogP contribution in [0.2, 0.25) is 0 Å². The number of benzene rings is 1. The molecule has 2 atom stereocenters. The van der Waals surface area contributed by atoms with E-state index >= 15 is 0 Å². The van der Waals surface area contributed by atoms with Crippen LogP contribution in [0.1, 0.15) is 32.3 Å². The van der Waals surface area contributed by atoms with E-state index in [-0.39, 0.29) is 11.8 Å². The van der Waals surface area contributed by atoms with Crippen molar-refractivity contribution >= 4 is 5.91 Å². The summed E-state index contributed by atoms with van der Waals surface area (Å²) >= 11 is 0. The van der Waals surface area contributed by atoms with Gasteiger partial charge in [-0.3, -0.25) is 9.69 Å². The summed E-state index contributed by atoms with van der Waals surface area (Å²) in [5, 5.41) is 3.02. The standard InChI is InChI=1S/C17H27N3O/c1-13(2)16(18)17(21)19-11-15-9-6-10-20(15)12-14-7-4-3-5-8-14/h3-5,7-8,13,15-16H,6,9-12,18H2,1-2H3,(H,19,21). The second kappa shape index (κ2) is 7.57. The van der Waals surface area contributed by atoms with E-state index in [1.807, 2.05) is 19.9 Å². The Hall–Kier alpha value is -1.39. The molecule has 0 aliphatic carbocycles. The Balaban J connectivity index is 1.83. The zero-order valence-electron chi connectivity index (χ0n) is 13.1. The van der Waals surface area contributed by atoms with Crippen LogP contribution in [-0.4, -0.2) is 36.0 Å². The van der Waals surface area contributed by atoms with Crippen LogP contribution >= 0.6 is 0 Å². The molecular weight excluding hydrogens is 262 g/mol. The Bertz CT molecular complexity index is 447. The molecule has 1 saturated heterocycles. The Labute approximate surface area is 127 Å². The van der Waals surface area contributed by atoms with Crippen molar-refractivity contribution in [1.82, 2.24) is 10.2 Å². The lowest BCUT2D eigenvalue weighted by atomic mass is 10.0. The summed E-state index contributed by atoms with van der Waals surface area (Å²) in [5.41, 5.74) is 7.21. The van der Waals surface area contributed by atoms with Crippen molar-refractivity contribution in [2.45, 2.75) is 45.3 Å². The minimum absolute atomic E-state index is 0.0310. The number of nitrogens with two attached hydrogens (primary N) is 1. The first kappa shape index (κ1) is 16.0. The lowest BCUT2D eigenvalue weighted by Crippen LogP contribution is -2.48. The van der Waals surface area contributed by atoms with Gasteiger partial charge in [0, 0.05) is 19.1 Å². The van der Waals surface area contributed by atoms with Crippen LogP contribution in [0.5, 0.6) is 0 Å². The number of nitrogens with zero attached hydrogens (tertiary/aromatic N) is 1. The van der Waals surface area contributed by atoms with Gasteiger partial charge in [-0.05, 0) is 30.9 Å². The van der Waals surface area contributed by atoms with Gasteiger partial charge in [0.15, 0.2) is 0 Å². The van der Waals surface area contributed by atoms with Gasteiger partial charge < -0.3 is 11.1 Å². The smallest absolute Gasteiger partial charge is 0.237 e. The summed E-state index contributed by atoms with van der Waals surface area (Å²) in [5.74, 6) is 0.144. The molecule has 1 aliphatic rings. The van der Waals surface area contributed by atoms with Gasteiger partial charge in [-0.1, -0.05) is 44.2 Å². The van der Waals surface area contributed by atoms with E-state index in [9.17, 15) is 4.79 Å². The second-order valence-corrected chi connectivity index (χ2v) is 6.27. The Morgan fingerprint density at radius 2 is 2.10 bits per heavy atom. The average Bonchev–Trinajstić information content (AvgIpc) is 2.92. The van der Waals surface area contributed by atoms with Crippen LogP contribution < -0.4 is 11.1 Å². The van der Waals surface area contributed by atoms with E-state index < -0.39 is 6.04 Å². The third kappa shape index (κ3) is 4.55. The highest BCUT2D eigenvalue weighted by molar-refractivity contribution is 5.81. The molecule has 1 aromatic carbocycles. The van der Waals surface area contributed by atoms with Crippen molar-refractivity contribution in [2.75, 3.05) is 13.1 Å². The van der Waals surface area contributed by atoms with Crippen LogP contribution in [0, 0.1) is 5.92 Å². The van der Waals surface area contributed by atoms with Crippen molar-refractivity contribution in [3.05, 3.63) is 35.9 Å². The molecule has 3 N–H and O–H groups in total. The number of likely N-dealkylation sites (tertiary alicyclic amines) is 1. The molecule has 1 aliphatic heterocycles. The van der Waals surface area contributed by atoms with Crippen LogP contribution in [0.25, 0.3) is 0 Å². The van der Waals surface area contributed by atoms with Crippen molar-refractivity contribution in [2.24, 2.45) is 11.7 Å². The summed E-state index contributed by atoms with van der Waals surface area (Å²) in [6, 6.07) is 10.5. The molecule has 1 amide bonds. The highest BCUT2D eigenvalue weighted by atomic mass is 16.2. The Morgan fingerprint density at radius 1 is 1.38 bits per heavy atom. The zero-order chi connectivity index (χ0) is 15.2. The maximum absolute atomic E-state index is 12.0. The van der Waals surface area contributed by atoms with Gasteiger partial charge >= 0.3 is 0 Å². The largest absolute Gasteiger partial charge is 0.353 e. The van der Waals surface area contributed by atoms with Gasteiger partial charge in [-0.2, -0.15) is 0 Å². The Kier molecular flexibility index (Phi) is 5.76. The molecule has 0 saturated carbocycles. The predicted molar refractivity (Wildman–Crippen MR) is 85.7 cm³/mol. The fraction of sp³-hybridized carbons (Fsp3) is 0.588. The van der Waals surface area contributed by atoms with Gasteiger partial charge in [0.05, 0.1) is 6.04 Å². The molecule has 1 fully saturated rings. The first-order chi connectivity index (χ1) is 10.1. The normalized spacial score (nSPS) is 20.7. The summed E-state index contributed by atoms with van der Waals surface area (Å²) < 4.78 is 0. The average molecular weight is 289 g/mol. The van der Waals surface area contributed by atoms with E-state index in [0.717, 1.165) is 19.5 Å². The van der Waals surface area contributed by atoms with Gasteiger partial charge in [0.25, 0.3) is 0 Å². The molecule has 2 rings (SSSR count). The van der Waals surface area contributed by atoms with E-state index in [0.29, 0.717) is 12.6 Å². The molecule has 2 unspecified atom stereocenters. The van der Waals surface area contributed by atoms with Gasteiger partial charge in [-0.25, -0.2) is 0 Å². The molecular formula is C17H27N3O. The van der Waals surface area contributed by atoms with Crippen LogP contribution in [0.4, 0.5) is 0 Å². The van der Waals surface area contributed by atoms with Crippen LogP contribution in [0.3, 0.4) is 0 Å². The number of hydrogen-bond donors (Lipinski definition) is 2. The molecule has 4 nitrogen and oxygen atoms in total. The number of carbonyl (C=O) groups is 1. The van der Waals surface area contributed by atoms with Gasteiger partial charge in [-0.15, -0.1) is 0 Å². The quantitative estimate of drug-likeness (QED) is 0.839. The predicted octanol–water partition coefficient (Wildman–Crippen LogP) is 1.75. The first-order valence-corrected chi connectivity index (χ1v) is 7.89. The summed E-state index contributed by atoms with van der Waals surface area (Å²) in [6.07, 6.45) is 2.34. The minimum atomic E-state index is -0.408. The molecule has 0 bridgehead atoms. The summed E-state index contributed by atoms with van der Waals surface area (Å²) in [4.78, 5) is 14.4. The maximum atomic E-state index is 12.0. The maximum Gasteiger partial charge on any atom is 0.237 e. The first-order valence-electron chi connectivity index (χ1n) is 7.89. The Morgan fingerprint density at radius 3 is 2.76 bits per heavy atom. The third-order valence-electron chi connectivity index (χ3n) is 4.26. The monoisotopic (exact) mass is 289 g/mol. The molecule has 0 spiro atoms. The molecule has 0 radical (unpaired) electrons. The van der Waals surface area contributed by atoms with Crippen molar-refractivity contribution < 1.29 is 4.79 Å². The fourth-order valence-corrected chi connectivity index (χ4v) is 2.79. The molecule has 0 aromatic heterocycles. The van der Waals surface area contributed by atoms with Crippen LogP contribution in [-0.2, 0) is 11.3 Å². The third-order valence-corrected chi connectivity index (χ3v) is 4.26. The van der Waals surface area contributed by atoms with Gasteiger partial charge in [0.1, 0.15) is 0 Å². The van der Waals surface area contributed by atoms with E-state index in [4.69, 9.17) is 5.73 Å². The molecule has 21 heavy (non-hydrogen) atoms. The van der Waals surface area contributed by atoms with Gasteiger partial charge in [0.2, 0.25) is 5.91 Å². The topological polar surface area (TPSA) is 58.4 Å². The number of hydrogen-bond acceptors (Lipinski definition) is 3. The van der Waals surface area contributed by atoms with Crippen molar-refractivity contribution in [3.63, 3.8) is 0 Å². The zero-order valence-corrected chi connectivity index (χ0v) is 13.1. The summed E-state index contributed by atoms with van der Waals surface area (Å²) in [6.45, 7) is 6.71. The minimum Gasteiger partial charge on any atom is -0.353 e. The fourth-order valence-electron chi connectivity index (χ4n) is 2.79. The highest BCUT2D eigenvalue weighted by Crippen LogP contribution is 2.19.